The Morgan fingerprint density at radius 3 is 2.58 bits per heavy atom. The lowest BCUT2D eigenvalue weighted by molar-refractivity contribution is -0.113. The van der Waals surface area contributed by atoms with Crippen LogP contribution in [0.4, 0.5) is 10.1 Å². The van der Waals surface area contributed by atoms with Crippen LogP contribution in [0.3, 0.4) is 0 Å². The van der Waals surface area contributed by atoms with E-state index in [-0.39, 0.29) is 17.5 Å². The predicted octanol–water partition coefficient (Wildman–Crippen LogP) is 1.92. The third kappa shape index (κ3) is 3.69. The molecule has 2 aromatic heterocycles. The van der Waals surface area contributed by atoms with Crippen LogP contribution in [0.2, 0.25) is 0 Å². The van der Waals surface area contributed by atoms with Crippen LogP contribution in [0.15, 0.2) is 53.9 Å². The summed E-state index contributed by atoms with van der Waals surface area (Å²) < 4.78 is 14.2. The lowest BCUT2D eigenvalue weighted by Crippen LogP contribution is -2.16. The minimum absolute atomic E-state index is 0.100. The molecule has 0 saturated carbocycles. The van der Waals surface area contributed by atoms with Crippen molar-refractivity contribution >= 4 is 23.4 Å². The fourth-order valence-electron chi connectivity index (χ4n) is 1.93. The van der Waals surface area contributed by atoms with Crippen molar-refractivity contribution in [3.05, 3.63) is 54.6 Å². The number of halogens is 1. The number of hydrogen-bond acceptors (Lipinski definition) is 6. The van der Waals surface area contributed by atoms with Crippen LogP contribution >= 0.6 is 11.8 Å². The Balaban J connectivity index is 1.62. The number of pyridine rings is 1. The topological polar surface area (TPSA) is 98.7 Å². The Bertz CT molecular complexity index is 837. The lowest BCUT2D eigenvalue weighted by atomic mass is 10.2. The number of carbonyl (C=O) groups excluding carboxylic acids is 1. The van der Waals surface area contributed by atoms with Crippen molar-refractivity contribution in [2.45, 2.75) is 5.16 Å². The maximum Gasteiger partial charge on any atom is 0.234 e. The summed E-state index contributed by atoms with van der Waals surface area (Å²) in [7, 11) is 0. The summed E-state index contributed by atoms with van der Waals surface area (Å²) in [5.74, 6) is 5.94. The second-order valence-electron chi connectivity index (χ2n) is 4.76. The molecule has 0 aliphatic rings. The zero-order chi connectivity index (χ0) is 16.9. The Labute approximate surface area is 141 Å². The summed E-state index contributed by atoms with van der Waals surface area (Å²) in [6, 6.07) is 9.07. The Morgan fingerprint density at radius 1 is 1.17 bits per heavy atom. The zero-order valence-corrected chi connectivity index (χ0v) is 13.2. The van der Waals surface area contributed by atoms with Crippen molar-refractivity contribution in [3.63, 3.8) is 0 Å². The first-order valence-corrected chi connectivity index (χ1v) is 7.91. The van der Waals surface area contributed by atoms with Gasteiger partial charge in [-0.2, -0.15) is 0 Å². The number of benzene rings is 1. The second kappa shape index (κ2) is 7.09. The van der Waals surface area contributed by atoms with E-state index in [0.717, 1.165) is 17.3 Å². The monoisotopic (exact) mass is 344 g/mol. The first-order chi connectivity index (χ1) is 11.6. The number of nitrogens with zero attached hydrogens (tertiary/aromatic N) is 4. The highest BCUT2D eigenvalue weighted by molar-refractivity contribution is 7.99. The third-order valence-electron chi connectivity index (χ3n) is 3.06. The number of thioether (sulfide) groups is 1. The average molecular weight is 344 g/mol. The number of nitrogens with one attached hydrogen (secondary N) is 1. The summed E-state index contributed by atoms with van der Waals surface area (Å²) in [5.41, 5.74) is 1.30. The maximum absolute atomic E-state index is 12.8. The molecule has 0 aliphatic carbocycles. The van der Waals surface area contributed by atoms with Crippen molar-refractivity contribution in [1.82, 2.24) is 19.9 Å². The van der Waals surface area contributed by atoms with E-state index in [1.165, 1.54) is 28.9 Å². The average Bonchev–Trinajstić information content (AvgIpc) is 2.97. The Hall–Kier alpha value is -2.94. The van der Waals surface area contributed by atoms with Crippen LogP contribution in [0.5, 0.6) is 0 Å². The molecule has 3 N–H and O–H groups in total. The number of anilines is 1. The molecule has 3 aromatic rings. The van der Waals surface area contributed by atoms with E-state index in [0.29, 0.717) is 16.7 Å². The van der Waals surface area contributed by atoms with Crippen molar-refractivity contribution in [3.8, 4) is 11.4 Å². The molecule has 9 heteroatoms. The van der Waals surface area contributed by atoms with E-state index in [4.69, 9.17) is 5.84 Å². The number of nitrogens with two attached hydrogens (primary N) is 1. The predicted molar refractivity (Wildman–Crippen MR) is 89.2 cm³/mol. The molecule has 0 aliphatic heterocycles. The number of nitrogen functional groups attached to an aromatic ring is 1. The van der Waals surface area contributed by atoms with Crippen molar-refractivity contribution < 1.29 is 9.18 Å². The summed E-state index contributed by atoms with van der Waals surface area (Å²) in [6.07, 6.45) is 3.26. The summed E-state index contributed by atoms with van der Waals surface area (Å²) in [6.45, 7) is 0. The van der Waals surface area contributed by atoms with Crippen molar-refractivity contribution in [2.75, 3.05) is 16.9 Å². The van der Waals surface area contributed by atoms with Crippen LogP contribution in [-0.4, -0.2) is 31.5 Å². The molecule has 0 saturated heterocycles. The number of rotatable bonds is 5. The molecule has 2 heterocycles. The van der Waals surface area contributed by atoms with Gasteiger partial charge in [-0.15, -0.1) is 10.2 Å². The molecular formula is C15H13FN6OS. The minimum atomic E-state index is -0.359. The molecular weight excluding hydrogens is 331 g/mol. The standard InChI is InChI=1S/C15H13FN6OS/c16-11-1-3-12(4-2-11)19-13(23)9-24-15-21-20-14(22(15)17)10-5-7-18-8-6-10/h1-8H,9,17H2,(H,19,23). The van der Waals surface area contributed by atoms with E-state index in [2.05, 4.69) is 20.5 Å². The largest absolute Gasteiger partial charge is 0.335 e. The van der Waals surface area contributed by atoms with Crippen molar-refractivity contribution in [2.24, 2.45) is 0 Å². The number of hydrogen-bond donors (Lipinski definition) is 2. The zero-order valence-electron chi connectivity index (χ0n) is 12.4. The highest BCUT2D eigenvalue weighted by Gasteiger charge is 2.13. The smallest absolute Gasteiger partial charge is 0.234 e. The molecule has 1 aromatic carbocycles. The fourth-order valence-corrected chi connectivity index (χ4v) is 2.59. The first kappa shape index (κ1) is 15.9. The van der Waals surface area contributed by atoms with E-state index in [1.807, 2.05) is 0 Å². The molecule has 3 rings (SSSR count). The van der Waals surface area contributed by atoms with E-state index in [1.54, 1.807) is 24.5 Å². The first-order valence-electron chi connectivity index (χ1n) is 6.92. The molecule has 1 amide bonds. The van der Waals surface area contributed by atoms with Crippen LogP contribution < -0.4 is 11.2 Å². The Morgan fingerprint density at radius 2 is 1.88 bits per heavy atom. The van der Waals surface area contributed by atoms with Gasteiger partial charge in [-0.25, -0.2) is 9.07 Å². The normalized spacial score (nSPS) is 10.5. The molecule has 0 unspecified atom stereocenters. The molecule has 0 spiro atoms. The van der Waals surface area contributed by atoms with Crippen LogP contribution in [0.1, 0.15) is 0 Å². The van der Waals surface area contributed by atoms with Gasteiger partial charge in [-0.05, 0) is 36.4 Å². The van der Waals surface area contributed by atoms with E-state index in [9.17, 15) is 9.18 Å². The molecule has 0 atom stereocenters. The van der Waals surface area contributed by atoms with Gasteiger partial charge < -0.3 is 11.2 Å². The maximum atomic E-state index is 12.8. The van der Waals surface area contributed by atoms with Crippen LogP contribution in [0.25, 0.3) is 11.4 Å². The summed E-state index contributed by atoms with van der Waals surface area (Å²) >= 11 is 1.16. The van der Waals surface area contributed by atoms with Gasteiger partial charge in [-0.3, -0.25) is 9.78 Å². The molecule has 0 bridgehead atoms. The van der Waals surface area contributed by atoms with Gasteiger partial charge in [0.1, 0.15) is 5.82 Å². The summed E-state index contributed by atoms with van der Waals surface area (Å²) in [5, 5.41) is 11.1. The van der Waals surface area contributed by atoms with Gasteiger partial charge in [0.05, 0.1) is 5.75 Å². The van der Waals surface area contributed by atoms with Gasteiger partial charge >= 0.3 is 0 Å². The SMILES string of the molecule is Nn1c(SCC(=O)Nc2ccc(F)cc2)nnc1-c1ccncc1. The van der Waals surface area contributed by atoms with Crippen LogP contribution in [0, 0.1) is 5.82 Å². The van der Waals surface area contributed by atoms with Gasteiger partial charge in [0, 0.05) is 23.6 Å². The van der Waals surface area contributed by atoms with Crippen molar-refractivity contribution in [1.29, 1.82) is 0 Å². The molecule has 0 radical (unpaired) electrons. The molecule has 0 fully saturated rings. The van der Waals surface area contributed by atoms with Gasteiger partial charge in [-0.1, -0.05) is 11.8 Å². The molecule has 7 nitrogen and oxygen atoms in total. The molecule has 24 heavy (non-hydrogen) atoms. The lowest BCUT2D eigenvalue weighted by Gasteiger charge is -2.05. The highest BCUT2D eigenvalue weighted by Crippen LogP contribution is 2.21. The quantitative estimate of drug-likeness (QED) is 0.542. The number of amides is 1. The second-order valence-corrected chi connectivity index (χ2v) is 5.70. The number of aromatic nitrogens is 4. The number of carbonyl (C=O) groups is 1. The van der Waals surface area contributed by atoms with E-state index >= 15 is 0 Å². The third-order valence-corrected chi connectivity index (χ3v) is 4.01. The van der Waals surface area contributed by atoms with Gasteiger partial charge in [0.25, 0.3) is 0 Å². The van der Waals surface area contributed by atoms with E-state index < -0.39 is 0 Å². The fraction of sp³-hybridized carbons (Fsp3) is 0.0667. The minimum Gasteiger partial charge on any atom is -0.335 e. The summed E-state index contributed by atoms with van der Waals surface area (Å²) in [4.78, 5) is 15.9. The Kier molecular flexibility index (Phi) is 4.71. The van der Waals surface area contributed by atoms with Gasteiger partial charge in [0.15, 0.2) is 5.82 Å². The molecule has 122 valence electrons. The highest BCUT2D eigenvalue weighted by atomic mass is 32.2. The van der Waals surface area contributed by atoms with Gasteiger partial charge in [0.2, 0.25) is 11.1 Å². The van der Waals surface area contributed by atoms with Crippen LogP contribution in [-0.2, 0) is 4.79 Å².